The van der Waals surface area contributed by atoms with Crippen molar-refractivity contribution in [2.75, 3.05) is 6.61 Å². The van der Waals surface area contributed by atoms with E-state index in [1.807, 2.05) is 91.0 Å². The summed E-state index contributed by atoms with van der Waals surface area (Å²) in [6, 6.07) is 29.6. The average molecular weight is 439 g/mol. The molecule has 4 rings (SSSR count). The van der Waals surface area contributed by atoms with Gasteiger partial charge in [0.1, 0.15) is 17.8 Å². The van der Waals surface area contributed by atoms with E-state index in [9.17, 15) is 5.11 Å². The molecule has 4 nitrogen and oxygen atoms in total. The highest BCUT2D eigenvalue weighted by Gasteiger charge is 2.56. The Morgan fingerprint density at radius 3 is 1.87 bits per heavy atom. The van der Waals surface area contributed by atoms with Crippen LogP contribution in [0.1, 0.15) is 16.7 Å². The molecule has 1 fully saturated rings. The fraction of sp³-hybridized carbons (Fsp3) is 0.308. The van der Waals surface area contributed by atoms with Crippen molar-refractivity contribution < 1.29 is 19.3 Å². The topological polar surface area (TPSA) is 47.9 Å². The van der Waals surface area contributed by atoms with Crippen LogP contribution in [0.25, 0.3) is 0 Å². The maximum atomic E-state index is 11.6. The minimum absolute atomic E-state index is 0.272. The number of hydrogen-bond donors (Lipinski definition) is 1. The molecule has 3 aromatic carbocycles. The van der Waals surface area contributed by atoms with E-state index in [0.29, 0.717) is 19.6 Å². The Balaban J connectivity index is 1.48. The highest BCUT2D eigenvalue weighted by molar-refractivity contribution is 6.20. The van der Waals surface area contributed by atoms with E-state index in [1.165, 1.54) is 0 Å². The first-order valence-electron chi connectivity index (χ1n) is 10.5. The minimum Gasteiger partial charge on any atom is -0.383 e. The van der Waals surface area contributed by atoms with Crippen LogP contribution in [0, 0.1) is 0 Å². The quantitative estimate of drug-likeness (QED) is 0.491. The molecule has 1 aliphatic rings. The third-order valence-electron chi connectivity index (χ3n) is 5.51. The number of halogens is 1. The summed E-state index contributed by atoms with van der Waals surface area (Å²) < 4.78 is 18.1. The minimum atomic E-state index is -1.38. The van der Waals surface area contributed by atoms with Gasteiger partial charge in [-0.2, -0.15) is 0 Å². The van der Waals surface area contributed by atoms with Crippen LogP contribution in [0.3, 0.4) is 0 Å². The molecule has 0 unspecified atom stereocenters. The number of hydrogen-bond acceptors (Lipinski definition) is 4. The van der Waals surface area contributed by atoms with Crippen molar-refractivity contribution >= 4 is 11.6 Å². The number of benzene rings is 3. The Kier molecular flexibility index (Phi) is 7.38. The lowest BCUT2D eigenvalue weighted by atomic mass is 9.89. The van der Waals surface area contributed by atoms with E-state index in [0.717, 1.165) is 16.7 Å². The standard InChI is InChI=1S/C26H27ClO4/c27-25-26(28,16-20-10-4-1-5-11-20)24(30-18-22-14-8-3-9-15-22)23(31-25)19-29-17-21-12-6-2-7-13-21/h1-15,23-25,28H,16-19H2/t23-,24-,25+,26+/m1/s1. The molecule has 5 heteroatoms. The largest absolute Gasteiger partial charge is 0.383 e. The van der Waals surface area contributed by atoms with Crippen LogP contribution in [0.5, 0.6) is 0 Å². The van der Waals surface area contributed by atoms with Gasteiger partial charge in [-0.1, -0.05) is 103 Å². The highest BCUT2D eigenvalue weighted by Crippen LogP contribution is 2.39. The van der Waals surface area contributed by atoms with E-state index in [-0.39, 0.29) is 6.61 Å². The molecule has 1 aliphatic heterocycles. The molecule has 0 amide bonds. The van der Waals surface area contributed by atoms with Crippen LogP contribution in [0.15, 0.2) is 91.0 Å². The SMILES string of the molecule is O[C@@]1(Cc2ccccc2)[C@H](OCc2ccccc2)[C@@H](COCc2ccccc2)O[C@@H]1Cl. The molecule has 0 radical (unpaired) electrons. The molecule has 1 heterocycles. The number of aliphatic hydroxyl groups is 1. The molecule has 3 aromatic rings. The Bertz CT molecular complexity index is 922. The summed E-state index contributed by atoms with van der Waals surface area (Å²) in [6.07, 6.45) is -0.786. The number of rotatable bonds is 9. The van der Waals surface area contributed by atoms with Gasteiger partial charge < -0.3 is 19.3 Å². The molecular weight excluding hydrogens is 412 g/mol. The van der Waals surface area contributed by atoms with E-state index < -0.39 is 23.4 Å². The maximum Gasteiger partial charge on any atom is 0.163 e. The van der Waals surface area contributed by atoms with Crippen molar-refractivity contribution in [1.82, 2.24) is 0 Å². The van der Waals surface area contributed by atoms with Gasteiger partial charge in [0.2, 0.25) is 0 Å². The van der Waals surface area contributed by atoms with Gasteiger partial charge in [0.15, 0.2) is 5.56 Å². The molecule has 162 valence electrons. The van der Waals surface area contributed by atoms with Crippen LogP contribution in [-0.2, 0) is 33.8 Å². The fourth-order valence-electron chi connectivity index (χ4n) is 3.90. The van der Waals surface area contributed by atoms with Crippen molar-refractivity contribution in [2.45, 2.75) is 43.0 Å². The zero-order valence-corrected chi connectivity index (χ0v) is 18.0. The van der Waals surface area contributed by atoms with Crippen molar-refractivity contribution in [1.29, 1.82) is 0 Å². The zero-order valence-electron chi connectivity index (χ0n) is 17.3. The Morgan fingerprint density at radius 1 is 0.774 bits per heavy atom. The smallest absolute Gasteiger partial charge is 0.163 e. The van der Waals surface area contributed by atoms with Crippen molar-refractivity contribution in [2.24, 2.45) is 0 Å². The molecule has 4 atom stereocenters. The number of ether oxygens (including phenoxy) is 3. The first kappa shape index (κ1) is 22.0. The molecule has 1 N–H and O–H groups in total. The van der Waals surface area contributed by atoms with Crippen LogP contribution in [0.4, 0.5) is 0 Å². The molecular formula is C26H27ClO4. The number of alkyl halides is 1. The second-order valence-corrected chi connectivity index (χ2v) is 8.26. The normalized spacial score (nSPS) is 25.5. The van der Waals surface area contributed by atoms with E-state index in [2.05, 4.69) is 0 Å². The predicted molar refractivity (Wildman–Crippen MR) is 121 cm³/mol. The first-order valence-corrected chi connectivity index (χ1v) is 10.9. The second kappa shape index (κ2) is 10.4. The van der Waals surface area contributed by atoms with Gasteiger partial charge in [0.25, 0.3) is 0 Å². The Morgan fingerprint density at radius 2 is 1.29 bits per heavy atom. The van der Waals surface area contributed by atoms with E-state index in [1.54, 1.807) is 0 Å². The van der Waals surface area contributed by atoms with Gasteiger partial charge in [-0.25, -0.2) is 0 Å². The van der Waals surface area contributed by atoms with Crippen LogP contribution in [-0.4, -0.2) is 35.1 Å². The molecule has 0 aromatic heterocycles. The maximum absolute atomic E-state index is 11.6. The molecule has 0 saturated carbocycles. The van der Waals surface area contributed by atoms with Gasteiger partial charge in [-0.15, -0.1) is 0 Å². The summed E-state index contributed by atoms with van der Waals surface area (Å²) in [5.41, 5.74) is 0.784. The summed E-state index contributed by atoms with van der Waals surface area (Å²) in [7, 11) is 0. The van der Waals surface area contributed by atoms with Gasteiger partial charge in [0, 0.05) is 6.42 Å². The van der Waals surface area contributed by atoms with Crippen LogP contribution >= 0.6 is 11.6 Å². The lowest BCUT2D eigenvalue weighted by molar-refractivity contribution is -0.109. The van der Waals surface area contributed by atoms with Crippen LogP contribution in [0.2, 0.25) is 0 Å². The third kappa shape index (κ3) is 5.53. The monoisotopic (exact) mass is 438 g/mol. The van der Waals surface area contributed by atoms with Gasteiger partial charge in [0.05, 0.1) is 19.8 Å². The molecule has 0 bridgehead atoms. The van der Waals surface area contributed by atoms with Crippen LogP contribution < -0.4 is 0 Å². The average Bonchev–Trinajstić information content (AvgIpc) is 3.03. The van der Waals surface area contributed by atoms with Gasteiger partial charge in [-0.3, -0.25) is 0 Å². The van der Waals surface area contributed by atoms with Gasteiger partial charge in [-0.05, 0) is 16.7 Å². The summed E-state index contributed by atoms with van der Waals surface area (Å²) in [6.45, 7) is 1.08. The Labute approximate surface area is 188 Å². The summed E-state index contributed by atoms with van der Waals surface area (Å²) in [5, 5.41) is 11.6. The van der Waals surface area contributed by atoms with Crippen molar-refractivity contribution in [3.05, 3.63) is 108 Å². The van der Waals surface area contributed by atoms with E-state index >= 15 is 0 Å². The lowest BCUT2D eigenvalue weighted by Gasteiger charge is -2.32. The summed E-state index contributed by atoms with van der Waals surface area (Å²) in [4.78, 5) is 0. The van der Waals surface area contributed by atoms with E-state index in [4.69, 9.17) is 25.8 Å². The second-order valence-electron chi connectivity index (χ2n) is 7.86. The lowest BCUT2D eigenvalue weighted by Crippen LogP contribution is -2.50. The molecule has 0 aliphatic carbocycles. The van der Waals surface area contributed by atoms with Crippen molar-refractivity contribution in [3.63, 3.8) is 0 Å². The van der Waals surface area contributed by atoms with Crippen molar-refractivity contribution in [3.8, 4) is 0 Å². The highest BCUT2D eigenvalue weighted by atomic mass is 35.5. The zero-order chi connectivity index (χ0) is 21.5. The first-order chi connectivity index (χ1) is 15.1. The fourth-order valence-corrected chi connectivity index (χ4v) is 4.24. The molecule has 0 spiro atoms. The third-order valence-corrected chi connectivity index (χ3v) is 5.99. The summed E-state index contributed by atoms with van der Waals surface area (Å²) >= 11 is 6.53. The Hall–Kier alpha value is -2.21. The molecule has 31 heavy (non-hydrogen) atoms. The molecule has 1 saturated heterocycles. The van der Waals surface area contributed by atoms with Gasteiger partial charge >= 0.3 is 0 Å². The predicted octanol–water partition coefficient (Wildman–Crippen LogP) is 4.73. The summed E-state index contributed by atoms with van der Waals surface area (Å²) in [5.74, 6) is 0.